The molecule has 0 saturated carbocycles. The Bertz CT molecular complexity index is 1070. The van der Waals surface area contributed by atoms with Crippen LogP contribution in [0.4, 0.5) is 23.2 Å². The molecule has 0 bridgehead atoms. The number of aromatic nitrogens is 1. The number of Topliss-reactive ketones (excluding diaryl/α,β-unsaturated/α-hetero) is 1. The zero-order valence-electron chi connectivity index (χ0n) is 17.9. The molecule has 1 aromatic heterocycles. The van der Waals surface area contributed by atoms with E-state index in [9.17, 15) is 31.9 Å². The Morgan fingerprint density at radius 1 is 1.03 bits per heavy atom. The number of anilines is 1. The molecule has 10 heteroatoms. The minimum atomic E-state index is -4.76. The van der Waals surface area contributed by atoms with E-state index in [1.807, 2.05) is 0 Å². The number of nitrogens with zero attached hydrogens (tertiary/aromatic N) is 1. The van der Waals surface area contributed by atoms with Gasteiger partial charge in [0, 0.05) is 18.4 Å². The summed E-state index contributed by atoms with van der Waals surface area (Å²) in [6.07, 6.45) is -4.76. The SMILES string of the molecule is Cc1cc(NC(=O)c2c(C)c(C(=O)C(=O)NC(C)(C)C(F)(F)F)n(C)c2C)ccc1F. The van der Waals surface area contributed by atoms with Crippen LogP contribution in [-0.4, -0.2) is 33.9 Å². The number of benzene rings is 1. The molecule has 0 fully saturated rings. The second kappa shape index (κ2) is 8.16. The number of carbonyl (C=O) groups excluding carboxylic acids is 3. The largest absolute Gasteiger partial charge is 0.410 e. The Balaban J connectivity index is 2.36. The summed E-state index contributed by atoms with van der Waals surface area (Å²) in [6.45, 7) is 5.97. The van der Waals surface area contributed by atoms with Gasteiger partial charge >= 0.3 is 6.18 Å². The molecule has 1 aromatic carbocycles. The lowest BCUT2D eigenvalue weighted by atomic mass is 10.0. The summed E-state index contributed by atoms with van der Waals surface area (Å²) >= 11 is 0. The Hall–Kier alpha value is -3.17. The Morgan fingerprint density at radius 2 is 1.61 bits per heavy atom. The lowest BCUT2D eigenvalue weighted by Crippen LogP contribution is -2.56. The van der Waals surface area contributed by atoms with E-state index in [1.165, 1.54) is 50.6 Å². The van der Waals surface area contributed by atoms with Crippen molar-refractivity contribution in [3.63, 3.8) is 0 Å². The first kappa shape index (κ1) is 24.1. The summed E-state index contributed by atoms with van der Waals surface area (Å²) in [5.41, 5.74) is -1.61. The van der Waals surface area contributed by atoms with E-state index >= 15 is 0 Å². The van der Waals surface area contributed by atoms with Crippen LogP contribution in [0.15, 0.2) is 18.2 Å². The standard InChI is InChI=1S/C21H23F4N3O3/c1-10-9-13(7-8-14(10)22)26-18(30)15-11(2)16(28(6)12(15)3)17(29)19(31)27-20(4,5)21(23,24)25/h7-9H,1-6H3,(H,26,30)(H,27,31). The Morgan fingerprint density at radius 3 is 2.13 bits per heavy atom. The highest BCUT2D eigenvalue weighted by Crippen LogP contribution is 2.30. The molecule has 0 radical (unpaired) electrons. The maximum absolute atomic E-state index is 13.4. The van der Waals surface area contributed by atoms with E-state index in [-0.39, 0.29) is 16.8 Å². The predicted octanol–water partition coefficient (Wildman–Crippen LogP) is 3.98. The maximum atomic E-state index is 13.4. The van der Waals surface area contributed by atoms with Gasteiger partial charge in [0.05, 0.1) is 11.3 Å². The first-order valence-electron chi connectivity index (χ1n) is 9.25. The number of nitrogens with one attached hydrogen (secondary N) is 2. The molecule has 0 aliphatic carbocycles. The highest BCUT2D eigenvalue weighted by atomic mass is 19.4. The number of carbonyl (C=O) groups is 3. The maximum Gasteiger partial charge on any atom is 0.410 e. The molecule has 2 amide bonds. The summed E-state index contributed by atoms with van der Waals surface area (Å²) in [7, 11) is 1.43. The summed E-state index contributed by atoms with van der Waals surface area (Å²) in [5, 5.41) is 4.29. The fraction of sp³-hybridized carbons (Fsp3) is 0.381. The van der Waals surface area contributed by atoms with E-state index in [0.717, 1.165) is 13.8 Å². The molecular weight excluding hydrogens is 418 g/mol. The molecule has 6 nitrogen and oxygen atoms in total. The van der Waals surface area contributed by atoms with Crippen molar-refractivity contribution in [1.82, 2.24) is 9.88 Å². The smallest absolute Gasteiger partial charge is 0.344 e. The average Bonchev–Trinajstić information content (AvgIpc) is 2.85. The van der Waals surface area contributed by atoms with Crippen LogP contribution in [-0.2, 0) is 11.8 Å². The third-order valence-corrected chi connectivity index (χ3v) is 5.13. The molecule has 1 heterocycles. The number of hydrogen-bond acceptors (Lipinski definition) is 3. The van der Waals surface area contributed by atoms with Crippen LogP contribution in [0.1, 0.15) is 51.5 Å². The van der Waals surface area contributed by atoms with Crippen molar-refractivity contribution in [2.45, 2.75) is 46.3 Å². The molecule has 0 atom stereocenters. The normalized spacial score (nSPS) is 11.9. The van der Waals surface area contributed by atoms with Gasteiger partial charge in [0.25, 0.3) is 17.6 Å². The van der Waals surface area contributed by atoms with Gasteiger partial charge in [-0.05, 0) is 63.9 Å². The highest BCUT2D eigenvalue weighted by Gasteiger charge is 2.49. The molecule has 2 N–H and O–H groups in total. The summed E-state index contributed by atoms with van der Waals surface area (Å²) in [5.74, 6) is -3.68. The van der Waals surface area contributed by atoms with Gasteiger partial charge in [-0.25, -0.2) is 4.39 Å². The first-order chi connectivity index (χ1) is 14.1. The van der Waals surface area contributed by atoms with Gasteiger partial charge in [0.15, 0.2) is 0 Å². The van der Waals surface area contributed by atoms with Crippen LogP contribution in [0.25, 0.3) is 0 Å². The third-order valence-electron chi connectivity index (χ3n) is 5.13. The molecule has 0 spiro atoms. The number of rotatable bonds is 5. The first-order valence-corrected chi connectivity index (χ1v) is 9.25. The molecule has 0 aliphatic heterocycles. The van der Waals surface area contributed by atoms with Crippen molar-refractivity contribution in [3.8, 4) is 0 Å². The fourth-order valence-corrected chi connectivity index (χ4v) is 3.07. The van der Waals surface area contributed by atoms with Gasteiger partial charge in [-0.15, -0.1) is 0 Å². The molecule has 168 valence electrons. The van der Waals surface area contributed by atoms with Crippen molar-refractivity contribution >= 4 is 23.3 Å². The fourth-order valence-electron chi connectivity index (χ4n) is 3.07. The van der Waals surface area contributed by atoms with Gasteiger partial charge in [-0.1, -0.05) is 0 Å². The summed E-state index contributed by atoms with van der Waals surface area (Å²) in [4.78, 5) is 37.7. The molecule has 2 aromatic rings. The summed E-state index contributed by atoms with van der Waals surface area (Å²) in [6, 6.07) is 3.99. The lowest BCUT2D eigenvalue weighted by molar-refractivity contribution is -0.187. The van der Waals surface area contributed by atoms with Gasteiger partial charge in [0.1, 0.15) is 11.4 Å². The molecule has 0 saturated heterocycles. The second-order valence-corrected chi connectivity index (χ2v) is 7.82. The minimum absolute atomic E-state index is 0.0932. The van der Waals surface area contributed by atoms with Crippen LogP contribution < -0.4 is 10.6 Å². The number of halogens is 4. The number of hydrogen-bond donors (Lipinski definition) is 2. The van der Waals surface area contributed by atoms with E-state index in [2.05, 4.69) is 5.32 Å². The van der Waals surface area contributed by atoms with Gasteiger partial charge in [-0.2, -0.15) is 13.2 Å². The second-order valence-electron chi connectivity index (χ2n) is 7.82. The molecule has 0 unspecified atom stereocenters. The van der Waals surface area contributed by atoms with Crippen molar-refractivity contribution in [2.75, 3.05) is 5.32 Å². The number of amides is 2. The topological polar surface area (TPSA) is 80.2 Å². The average molecular weight is 441 g/mol. The van der Waals surface area contributed by atoms with Crippen molar-refractivity contribution in [2.24, 2.45) is 7.05 Å². The van der Waals surface area contributed by atoms with Crippen LogP contribution >= 0.6 is 0 Å². The number of ketones is 1. The van der Waals surface area contributed by atoms with Crippen LogP contribution in [0.3, 0.4) is 0 Å². The van der Waals surface area contributed by atoms with Crippen LogP contribution in [0, 0.1) is 26.6 Å². The molecular formula is C21H23F4N3O3. The molecule has 31 heavy (non-hydrogen) atoms. The van der Waals surface area contributed by atoms with Gasteiger partial charge in [0.2, 0.25) is 0 Å². The van der Waals surface area contributed by atoms with E-state index in [4.69, 9.17) is 0 Å². The zero-order chi connectivity index (χ0) is 23.9. The van der Waals surface area contributed by atoms with Crippen molar-refractivity contribution < 1.29 is 31.9 Å². The summed E-state index contributed by atoms with van der Waals surface area (Å²) < 4.78 is 53.9. The van der Waals surface area contributed by atoms with Gasteiger partial charge < -0.3 is 15.2 Å². The Kier molecular flexibility index (Phi) is 6.35. The number of alkyl halides is 3. The van der Waals surface area contributed by atoms with E-state index in [0.29, 0.717) is 16.9 Å². The third kappa shape index (κ3) is 4.62. The predicted molar refractivity (Wildman–Crippen MR) is 107 cm³/mol. The van der Waals surface area contributed by atoms with Crippen LogP contribution in [0.2, 0.25) is 0 Å². The van der Waals surface area contributed by atoms with Crippen molar-refractivity contribution in [1.29, 1.82) is 0 Å². The number of aryl methyl sites for hydroxylation is 1. The molecule has 2 rings (SSSR count). The highest BCUT2D eigenvalue weighted by molar-refractivity contribution is 6.43. The Labute approximate surface area is 176 Å². The quantitative estimate of drug-likeness (QED) is 0.419. The van der Waals surface area contributed by atoms with Crippen molar-refractivity contribution in [3.05, 3.63) is 52.1 Å². The van der Waals surface area contributed by atoms with Crippen LogP contribution in [0.5, 0.6) is 0 Å². The zero-order valence-corrected chi connectivity index (χ0v) is 17.9. The van der Waals surface area contributed by atoms with E-state index in [1.54, 1.807) is 5.32 Å². The minimum Gasteiger partial charge on any atom is -0.344 e. The van der Waals surface area contributed by atoms with Gasteiger partial charge in [-0.3, -0.25) is 14.4 Å². The lowest BCUT2D eigenvalue weighted by Gasteiger charge is -2.28. The van der Waals surface area contributed by atoms with E-state index < -0.39 is 35.1 Å². The molecule has 0 aliphatic rings. The monoisotopic (exact) mass is 441 g/mol.